The Hall–Kier alpha value is -4.39. The molecule has 7 nitrogen and oxygen atoms in total. The minimum absolute atomic E-state index is 0.189. The lowest BCUT2D eigenvalue weighted by Gasteiger charge is -2.11. The van der Waals surface area contributed by atoms with Crippen molar-refractivity contribution in [2.45, 2.75) is 13.8 Å². The molecule has 7 heteroatoms. The number of hydrogen-bond donors (Lipinski definition) is 1. The van der Waals surface area contributed by atoms with Crippen molar-refractivity contribution >= 4 is 17.6 Å². The number of amides is 1. The highest BCUT2D eigenvalue weighted by Crippen LogP contribution is 2.28. The van der Waals surface area contributed by atoms with Crippen LogP contribution in [0.4, 0.5) is 5.69 Å². The van der Waals surface area contributed by atoms with E-state index in [4.69, 9.17) is 9.47 Å². The molecule has 1 aromatic heterocycles. The maximum atomic E-state index is 12.8. The molecule has 172 valence electrons. The molecule has 0 radical (unpaired) electrons. The van der Waals surface area contributed by atoms with Crippen molar-refractivity contribution in [1.82, 2.24) is 9.78 Å². The van der Waals surface area contributed by atoms with Crippen LogP contribution in [0.15, 0.2) is 78.9 Å². The summed E-state index contributed by atoms with van der Waals surface area (Å²) < 4.78 is 12.1. The number of nitrogens with one attached hydrogen (secondary N) is 1. The number of aromatic nitrogens is 2. The third kappa shape index (κ3) is 4.83. The molecule has 0 saturated heterocycles. The number of benzene rings is 3. The highest BCUT2D eigenvalue weighted by Gasteiger charge is 2.18. The van der Waals surface area contributed by atoms with Gasteiger partial charge in [0.05, 0.1) is 25.1 Å². The summed E-state index contributed by atoms with van der Waals surface area (Å²) in [6.07, 6.45) is 0. The van der Waals surface area contributed by atoms with Crippen molar-refractivity contribution in [3.8, 4) is 22.7 Å². The lowest BCUT2D eigenvalue weighted by atomic mass is 10.1. The fraction of sp³-hybridized carbons (Fsp3) is 0.148. The van der Waals surface area contributed by atoms with Crippen molar-refractivity contribution in [1.29, 1.82) is 0 Å². The van der Waals surface area contributed by atoms with Crippen LogP contribution < -0.4 is 10.1 Å². The first-order valence-corrected chi connectivity index (χ1v) is 10.9. The van der Waals surface area contributed by atoms with Crippen molar-refractivity contribution < 1.29 is 19.1 Å². The number of ether oxygens (including phenoxy) is 2. The van der Waals surface area contributed by atoms with E-state index in [1.807, 2.05) is 73.7 Å². The van der Waals surface area contributed by atoms with Crippen LogP contribution in [0.3, 0.4) is 0 Å². The molecule has 34 heavy (non-hydrogen) atoms. The van der Waals surface area contributed by atoms with E-state index in [0.717, 1.165) is 16.8 Å². The van der Waals surface area contributed by atoms with Crippen molar-refractivity contribution in [2.75, 3.05) is 19.0 Å². The zero-order valence-electron chi connectivity index (χ0n) is 19.2. The van der Waals surface area contributed by atoms with E-state index in [0.29, 0.717) is 22.7 Å². The molecule has 1 amide bonds. The minimum atomic E-state index is -0.500. The normalized spacial score (nSPS) is 10.6. The molecular weight excluding hydrogens is 430 g/mol. The van der Waals surface area contributed by atoms with Gasteiger partial charge in [-0.1, -0.05) is 30.3 Å². The van der Waals surface area contributed by atoms with Crippen LogP contribution in [-0.4, -0.2) is 35.4 Å². The number of carbonyl (C=O) groups excluding carboxylic acids is 2. The van der Waals surface area contributed by atoms with Gasteiger partial charge in [-0.3, -0.25) is 4.79 Å². The number of rotatable bonds is 7. The Kier molecular flexibility index (Phi) is 6.73. The van der Waals surface area contributed by atoms with E-state index in [1.54, 1.807) is 30.8 Å². The number of methoxy groups -OCH3 is 1. The number of nitrogens with zero attached hydrogens (tertiary/aromatic N) is 2. The Morgan fingerprint density at radius 3 is 2.44 bits per heavy atom. The second-order valence-corrected chi connectivity index (χ2v) is 7.59. The van der Waals surface area contributed by atoms with E-state index in [1.165, 1.54) is 0 Å². The number of hydrogen-bond acceptors (Lipinski definition) is 5. The molecule has 0 atom stereocenters. The molecule has 0 bridgehead atoms. The predicted octanol–water partition coefficient (Wildman–Crippen LogP) is 5.29. The van der Waals surface area contributed by atoms with E-state index in [-0.39, 0.29) is 18.2 Å². The number of esters is 1. The SMILES string of the molecule is CCOC(=O)c1cc(-c2cccc(NC(=O)c3ccccc3C)c2)n(-c2ccc(OC)cc2)n1. The zero-order chi connectivity index (χ0) is 24.1. The molecule has 0 aliphatic rings. The molecule has 0 aliphatic carbocycles. The number of anilines is 1. The lowest BCUT2D eigenvalue weighted by molar-refractivity contribution is 0.0519. The Morgan fingerprint density at radius 2 is 1.74 bits per heavy atom. The predicted molar refractivity (Wildman–Crippen MR) is 131 cm³/mol. The highest BCUT2D eigenvalue weighted by molar-refractivity contribution is 6.05. The summed E-state index contributed by atoms with van der Waals surface area (Å²) in [6.45, 7) is 3.90. The standard InChI is InChI=1S/C27H25N3O4/c1-4-34-27(32)24-17-25(30(29-24)21-12-14-22(33-3)15-13-21)19-9-7-10-20(16-19)28-26(31)23-11-6-5-8-18(23)2/h5-17H,4H2,1-3H3,(H,28,31). The second kappa shape index (κ2) is 10.0. The van der Waals surface area contributed by atoms with Gasteiger partial charge in [-0.2, -0.15) is 5.10 Å². The van der Waals surface area contributed by atoms with Crippen molar-refractivity contribution in [3.05, 3.63) is 95.7 Å². The van der Waals surface area contributed by atoms with Crippen LogP contribution in [0.5, 0.6) is 5.75 Å². The Labute approximate surface area is 197 Å². The average Bonchev–Trinajstić information content (AvgIpc) is 3.30. The topological polar surface area (TPSA) is 82.5 Å². The van der Waals surface area contributed by atoms with E-state index in [9.17, 15) is 9.59 Å². The van der Waals surface area contributed by atoms with Gasteiger partial charge >= 0.3 is 5.97 Å². The van der Waals surface area contributed by atoms with Gasteiger partial charge in [-0.15, -0.1) is 0 Å². The monoisotopic (exact) mass is 455 g/mol. The summed E-state index contributed by atoms with van der Waals surface area (Å²) in [5.41, 5.74) is 4.55. The van der Waals surface area contributed by atoms with Gasteiger partial charge in [-0.25, -0.2) is 9.48 Å². The van der Waals surface area contributed by atoms with E-state index >= 15 is 0 Å². The van der Waals surface area contributed by atoms with Crippen molar-refractivity contribution in [3.63, 3.8) is 0 Å². The van der Waals surface area contributed by atoms with Gasteiger partial charge in [0.2, 0.25) is 0 Å². The van der Waals surface area contributed by atoms with Crippen LogP contribution in [-0.2, 0) is 4.74 Å². The van der Waals surface area contributed by atoms with Crippen LogP contribution in [0, 0.1) is 6.92 Å². The summed E-state index contributed by atoms with van der Waals surface area (Å²) in [5, 5.41) is 7.45. The summed E-state index contributed by atoms with van der Waals surface area (Å²) >= 11 is 0. The second-order valence-electron chi connectivity index (χ2n) is 7.59. The summed E-state index contributed by atoms with van der Waals surface area (Å²) in [7, 11) is 1.60. The molecule has 0 aliphatic heterocycles. The smallest absolute Gasteiger partial charge is 0.358 e. The Balaban J connectivity index is 1.72. The minimum Gasteiger partial charge on any atom is -0.497 e. The van der Waals surface area contributed by atoms with Gasteiger partial charge in [0.1, 0.15) is 5.75 Å². The first-order valence-electron chi connectivity index (χ1n) is 10.9. The molecule has 0 unspecified atom stereocenters. The molecule has 0 saturated carbocycles. The molecular formula is C27H25N3O4. The lowest BCUT2D eigenvalue weighted by Crippen LogP contribution is -2.13. The number of carbonyl (C=O) groups is 2. The van der Waals surface area contributed by atoms with Crippen LogP contribution in [0.25, 0.3) is 16.9 Å². The van der Waals surface area contributed by atoms with Gasteiger partial charge < -0.3 is 14.8 Å². The summed E-state index contributed by atoms with van der Waals surface area (Å²) in [5.74, 6) is 0.0233. The molecule has 4 aromatic rings. The summed E-state index contributed by atoms with van der Waals surface area (Å²) in [4.78, 5) is 25.2. The molecule has 4 rings (SSSR count). The first kappa shape index (κ1) is 22.8. The molecule has 1 heterocycles. The summed E-state index contributed by atoms with van der Waals surface area (Å²) in [6, 6.07) is 23.9. The molecule has 3 aromatic carbocycles. The van der Waals surface area contributed by atoms with Crippen LogP contribution >= 0.6 is 0 Å². The van der Waals surface area contributed by atoms with Gasteiger partial charge in [0.15, 0.2) is 5.69 Å². The fourth-order valence-electron chi connectivity index (χ4n) is 3.59. The van der Waals surface area contributed by atoms with E-state index in [2.05, 4.69) is 10.4 Å². The highest BCUT2D eigenvalue weighted by atomic mass is 16.5. The molecule has 0 spiro atoms. The van der Waals surface area contributed by atoms with Gasteiger partial charge in [0.25, 0.3) is 5.91 Å². The van der Waals surface area contributed by atoms with Gasteiger partial charge in [-0.05, 0) is 67.9 Å². The zero-order valence-corrected chi connectivity index (χ0v) is 19.2. The fourth-order valence-corrected chi connectivity index (χ4v) is 3.59. The maximum Gasteiger partial charge on any atom is 0.358 e. The largest absolute Gasteiger partial charge is 0.497 e. The van der Waals surface area contributed by atoms with Crippen LogP contribution in [0.2, 0.25) is 0 Å². The third-order valence-corrected chi connectivity index (χ3v) is 5.32. The van der Waals surface area contributed by atoms with E-state index < -0.39 is 5.97 Å². The quantitative estimate of drug-likeness (QED) is 0.383. The molecule has 1 N–H and O–H groups in total. The Morgan fingerprint density at radius 1 is 0.971 bits per heavy atom. The molecule has 0 fully saturated rings. The number of aryl methyl sites for hydroxylation is 1. The Bertz CT molecular complexity index is 1330. The average molecular weight is 456 g/mol. The van der Waals surface area contributed by atoms with Crippen molar-refractivity contribution in [2.24, 2.45) is 0 Å². The first-order chi connectivity index (χ1) is 16.5. The van der Waals surface area contributed by atoms with Crippen LogP contribution in [0.1, 0.15) is 33.3 Å². The maximum absolute atomic E-state index is 12.8. The van der Waals surface area contributed by atoms with Gasteiger partial charge in [0, 0.05) is 16.8 Å². The third-order valence-electron chi connectivity index (χ3n) is 5.32.